The first kappa shape index (κ1) is 19.1. The molecule has 2 aliphatic rings. The summed E-state index contributed by atoms with van der Waals surface area (Å²) in [5.74, 6) is 1.07. The molecule has 3 N–H and O–H groups in total. The summed E-state index contributed by atoms with van der Waals surface area (Å²) in [6, 6.07) is 2.15. The smallest absolute Gasteiger partial charge is 0.227 e. The zero-order chi connectivity index (χ0) is 20.2. The molecular formula is C20H26N8O. The van der Waals surface area contributed by atoms with Crippen LogP contribution >= 0.6 is 0 Å². The van der Waals surface area contributed by atoms with Gasteiger partial charge in [-0.3, -0.25) is 14.5 Å². The third-order valence-corrected chi connectivity index (χ3v) is 5.33. The minimum Gasteiger partial charge on any atom is -0.403 e. The number of allylic oxidation sites excluding steroid dienone is 1. The summed E-state index contributed by atoms with van der Waals surface area (Å²) in [5, 5.41) is 7.59. The van der Waals surface area contributed by atoms with Crippen LogP contribution in [0.5, 0.6) is 0 Å². The standard InChI is InChI=1S/C20H26N8O/c1-22-12-16(10-21)25-20-23-7-4-18(26-20)15-11-24-28(13-15)17-5-8-27(9-6-17)19(29)14-2-3-14/h4,7,10-14,17H,2-3,5-6,8-9,21H2,1H3,(H,23,25,26). The Morgan fingerprint density at radius 3 is 2.79 bits per heavy atom. The molecule has 2 aromatic rings. The van der Waals surface area contributed by atoms with E-state index in [9.17, 15) is 4.79 Å². The Labute approximate surface area is 169 Å². The van der Waals surface area contributed by atoms with Gasteiger partial charge in [-0.25, -0.2) is 9.97 Å². The molecule has 0 atom stereocenters. The molecule has 0 bridgehead atoms. The van der Waals surface area contributed by atoms with Gasteiger partial charge in [-0.2, -0.15) is 5.10 Å². The average Bonchev–Trinajstić information content (AvgIpc) is 3.49. The third-order valence-electron chi connectivity index (χ3n) is 5.33. The maximum atomic E-state index is 12.2. The molecule has 152 valence electrons. The summed E-state index contributed by atoms with van der Waals surface area (Å²) in [6.45, 7) is 1.62. The molecule has 0 unspecified atom stereocenters. The Balaban J connectivity index is 1.41. The Bertz CT molecular complexity index is 922. The molecule has 29 heavy (non-hydrogen) atoms. The molecule has 4 rings (SSSR count). The molecule has 0 aromatic carbocycles. The van der Waals surface area contributed by atoms with Crippen LogP contribution in [-0.4, -0.2) is 56.9 Å². The third kappa shape index (κ3) is 4.44. The SMILES string of the molecule is CN=CC(=CN)Nc1nccc(-c2cnn(C3CCN(C(=O)C4CC4)CC3)c2)n1. The van der Waals surface area contributed by atoms with Crippen LogP contribution in [-0.2, 0) is 4.79 Å². The predicted molar refractivity (Wildman–Crippen MR) is 111 cm³/mol. The number of anilines is 1. The van der Waals surface area contributed by atoms with Crippen LogP contribution in [0.25, 0.3) is 11.3 Å². The highest BCUT2D eigenvalue weighted by atomic mass is 16.2. The zero-order valence-electron chi connectivity index (χ0n) is 16.5. The van der Waals surface area contributed by atoms with Gasteiger partial charge in [0.1, 0.15) is 0 Å². The van der Waals surface area contributed by atoms with Gasteiger partial charge in [-0.05, 0) is 31.7 Å². The van der Waals surface area contributed by atoms with Crippen molar-refractivity contribution in [3.05, 3.63) is 36.6 Å². The fourth-order valence-electron chi connectivity index (χ4n) is 3.57. The second-order valence-corrected chi connectivity index (χ2v) is 7.44. The summed E-state index contributed by atoms with van der Waals surface area (Å²) in [6.07, 6.45) is 12.5. The zero-order valence-corrected chi connectivity index (χ0v) is 16.5. The van der Waals surface area contributed by atoms with Crippen LogP contribution in [0.1, 0.15) is 31.7 Å². The van der Waals surface area contributed by atoms with Gasteiger partial charge >= 0.3 is 0 Å². The van der Waals surface area contributed by atoms with Crippen molar-refractivity contribution in [3.63, 3.8) is 0 Å². The minimum absolute atomic E-state index is 0.293. The maximum Gasteiger partial charge on any atom is 0.227 e. The maximum absolute atomic E-state index is 12.2. The second-order valence-electron chi connectivity index (χ2n) is 7.44. The average molecular weight is 394 g/mol. The molecule has 0 spiro atoms. The van der Waals surface area contributed by atoms with Gasteiger partial charge in [-0.1, -0.05) is 0 Å². The van der Waals surface area contributed by atoms with Gasteiger partial charge in [0.2, 0.25) is 11.9 Å². The molecule has 3 heterocycles. The number of piperidine rings is 1. The highest BCUT2D eigenvalue weighted by Crippen LogP contribution is 2.33. The first-order valence-electron chi connectivity index (χ1n) is 9.95. The highest BCUT2D eigenvalue weighted by molar-refractivity contribution is 5.82. The summed E-state index contributed by atoms with van der Waals surface area (Å²) in [4.78, 5) is 27.0. The molecule has 1 amide bonds. The number of nitrogens with two attached hydrogens (primary N) is 1. The van der Waals surface area contributed by atoms with Gasteiger partial charge in [0.25, 0.3) is 0 Å². The van der Waals surface area contributed by atoms with Crippen molar-refractivity contribution < 1.29 is 4.79 Å². The van der Waals surface area contributed by atoms with Crippen LogP contribution in [0.4, 0.5) is 5.95 Å². The van der Waals surface area contributed by atoms with E-state index in [4.69, 9.17) is 5.73 Å². The molecule has 1 aliphatic carbocycles. The van der Waals surface area contributed by atoms with Crippen molar-refractivity contribution in [2.45, 2.75) is 31.7 Å². The van der Waals surface area contributed by atoms with Crippen LogP contribution < -0.4 is 11.1 Å². The van der Waals surface area contributed by atoms with Gasteiger partial charge < -0.3 is 16.0 Å². The van der Waals surface area contributed by atoms with E-state index in [1.807, 2.05) is 28.0 Å². The molecule has 0 radical (unpaired) electrons. The van der Waals surface area contributed by atoms with E-state index in [0.717, 1.165) is 50.0 Å². The number of likely N-dealkylation sites (tertiary alicyclic amines) is 1. The lowest BCUT2D eigenvalue weighted by Crippen LogP contribution is -2.39. The van der Waals surface area contributed by atoms with Crippen LogP contribution in [0, 0.1) is 5.92 Å². The summed E-state index contributed by atoms with van der Waals surface area (Å²) in [7, 11) is 1.67. The number of amides is 1. The Hall–Kier alpha value is -3.23. The molecule has 9 heteroatoms. The van der Waals surface area contributed by atoms with Gasteiger partial charge in [0.15, 0.2) is 0 Å². The van der Waals surface area contributed by atoms with Crippen LogP contribution in [0.2, 0.25) is 0 Å². The summed E-state index contributed by atoms with van der Waals surface area (Å²) in [5.41, 5.74) is 7.90. The van der Waals surface area contributed by atoms with E-state index in [2.05, 4.69) is 25.4 Å². The first-order chi connectivity index (χ1) is 14.2. The highest BCUT2D eigenvalue weighted by Gasteiger charge is 2.35. The largest absolute Gasteiger partial charge is 0.403 e. The van der Waals surface area contributed by atoms with E-state index in [0.29, 0.717) is 29.5 Å². The Morgan fingerprint density at radius 2 is 2.10 bits per heavy atom. The van der Waals surface area contributed by atoms with Crippen molar-refractivity contribution in [1.29, 1.82) is 0 Å². The number of hydrogen-bond donors (Lipinski definition) is 2. The fraction of sp³-hybridized carbons (Fsp3) is 0.450. The van der Waals surface area contributed by atoms with Crippen molar-refractivity contribution in [1.82, 2.24) is 24.6 Å². The number of aromatic nitrogens is 4. The van der Waals surface area contributed by atoms with Crippen molar-refractivity contribution in [2.24, 2.45) is 16.6 Å². The lowest BCUT2D eigenvalue weighted by atomic mass is 10.0. The second kappa shape index (κ2) is 8.42. The lowest BCUT2D eigenvalue weighted by molar-refractivity contribution is -0.133. The summed E-state index contributed by atoms with van der Waals surface area (Å²) >= 11 is 0. The number of aliphatic imine (C=N–C) groups is 1. The van der Waals surface area contributed by atoms with E-state index in [-0.39, 0.29) is 0 Å². The van der Waals surface area contributed by atoms with E-state index < -0.39 is 0 Å². The van der Waals surface area contributed by atoms with Gasteiger partial charge in [-0.15, -0.1) is 0 Å². The Kier molecular flexibility index (Phi) is 5.55. The van der Waals surface area contributed by atoms with Crippen molar-refractivity contribution >= 4 is 18.1 Å². The lowest BCUT2D eigenvalue weighted by Gasteiger charge is -2.32. The van der Waals surface area contributed by atoms with Gasteiger partial charge in [0.05, 0.1) is 23.6 Å². The number of nitrogens with zero attached hydrogens (tertiary/aromatic N) is 6. The quantitative estimate of drug-likeness (QED) is 0.723. The number of nitrogens with one attached hydrogen (secondary N) is 1. The minimum atomic E-state index is 0.293. The number of rotatable bonds is 6. The topological polar surface area (TPSA) is 114 Å². The number of hydrogen-bond acceptors (Lipinski definition) is 7. The molecule has 1 saturated carbocycles. The molecule has 1 aliphatic heterocycles. The van der Waals surface area contributed by atoms with Crippen LogP contribution in [0.3, 0.4) is 0 Å². The van der Waals surface area contributed by atoms with Crippen molar-refractivity contribution in [3.8, 4) is 11.3 Å². The van der Waals surface area contributed by atoms with Crippen molar-refractivity contribution in [2.75, 3.05) is 25.5 Å². The van der Waals surface area contributed by atoms with Crippen LogP contribution in [0.15, 0.2) is 41.5 Å². The molecule has 2 fully saturated rings. The van der Waals surface area contributed by atoms with E-state index in [1.165, 1.54) is 6.20 Å². The Morgan fingerprint density at radius 1 is 1.31 bits per heavy atom. The van der Waals surface area contributed by atoms with E-state index >= 15 is 0 Å². The molecular weight excluding hydrogens is 368 g/mol. The molecule has 1 saturated heterocycles. The summed E-state index contributed by atoms with van der Waals surface area (Å²) < 4.78 is 2.00. The monoisotopic (exact) mass is 394 g/mol. The van der Waals surface area contributed by atoms with E-state index in [1.54, 1.807) is 19.5 Å². The fourth-order valence-corrected chi connectivity index (χ4v) is 3.57. The predicted octanol–water partition coefficient (Wildman–Crippen LogP) is 1.83. The number of carbonyl (C=O) groups excluding carboxylic acids is 1. The normalized spacial score (nSPS) is 18.4. The molecule has 9 nitrogen and oxygen atoms in total. The first-order valence-corrected chi connectivity index (χ1v) is 9.95. The van der Waals surface area contributed by atoms with Gasteiger partial charge in [0, 0.05) is 56.4 Å². The number of carbonyl (C=O) groups is 1. The molecule has 2 aromatic heterocycles.